The normalized spacial score (nSPS) is 25.1. The van der Waals surface area contributed by atoms with Crippen LogP contribution in [0, 0.1) is 11.8 Å². The summed E-state index contributed by atoms with van der Waals surface area (Å²) in [7, 11) is 0. The maximum absolute atomic E-state index is 13.5. The number of aliphatic hydroxyl groups excluding tert-OH is 1. The third-order valence-corrected chi connectivity index (χ3v) is 8.17. The molecule has 4 atom stereocenters. The highest BCUT2D eigenvalue weighted by Crippen LogP contribution is 2.49. The summed E-state index contributed by atoms with van der Waals surface area (Å²) < 4.78 is 1.83. The van der Waals surface area contributed by atoms with E-state index in [4.69, 9.17) is 0 Å². The molecule has 190 valence electrons. The highest BCUT2D eigenvalue weighted by molar-refractivity contribution is 5.83. The Bertz CT molecular complexity index is 1350. The van der Waals surface area contributed by atoms with E-state index in [9.17, 15) is 14.7 Å². The number of nitrogens with one attached hydrogen (secondary N) is 1. The van der Waals surface area contributed by atoms with E-state index >= 15 is 0 Å². The van der Waals surface area contributed by atoms with E-state index in [1.165, 1.54) is 6.33 Å². The van der Waals surface area contributed by atoms with E-state index in [2.05, 4.69) is 20.2 Å². The predicted molar refractivity (Wildman–Crippen MR) is 140 cm³/mol. The summed E-state index contributed by atoms with van der Waals surface area (Å²) in [4.78, 5) is 37.5. The molecule has 1 amide bonds. The van der Waals surface area contributed by atoms with Crippen molar-refractivity contribution in [2.45, 2.75) is 50.5 Å². The lowest BCUT2D eigenvalue weighted by molar-refractivity contribution is -0.129. The van der Waals surface area contributed by atoms with E-state index in [-0.39, 0.29) is 42.0 Å². The SMILES string of the molecule is O=C(NC1CCC1)[C@@H]1[C@@H](CO)[C@@H]2Cn3c(ccc(C=Cc4ccccc4)c3=O)[C@@H]2N1Cc1cncnc1. The molecule has 37 heavy (non-hydrogen) atoms. The average Bonchev–Trinajstić information content (AvgIpc) is 3.42. The first-order valence-corrected chi connectivity index (χ1v) is 13.0. The van der Waals surface area contributed by atoms with Crippen LogP contribution in [0.2, 0.25) is 0 Å². The first kappa shape index (κ1) is 23.8. The summed E-state index contributed by atoms with van der Waals surface area (Å²) >= 11 is 0. The van der Waals surface area contributed by atoms with Gasteiger partial charge in [-0.1, -0.05) is 36.4 Å². The second kappa shape index (κ2) is 10.0. The minimum Gasteiger partial charge on any atom is -0.396 e. The number of hydrogen-bond donors (Lipinski definition) is 2. The summed E-state index contributed by atoms with van der Waals surface area (Å²) in [6, 6.07) is 13.3. The van der Waals surface area contributed by atoms with Gasteiger partial charge in [0.05, 0.1) is 12.1 Å². The molecule has 6 rings (SSSR count). The fourth-order valence-corrected chi connectivity index (χ4v) is 6.14. The molecule has 1 aromatic carbocycles. The van der Waals surface area contributed by atoms with Crippen LogP contribution in [-0.4, -0.2) is 49.1 Å². The average molecular weight is 498 g/mol. The molecule has 1 saturated carbocycles. The van der Waals surface area contributed by atoms with E-state index in [1.54, 1.807) is 12.4 Å². The zero-order valence-electron chi connectivity index (χ0n) is 20.6. The van der Waals surface area contributed by atoms with Crippen LogP contribution in [0.3, 0.4) is 0 Å². The number of carbonyl (C=O) groups excluding carboxylic acids is 1. The molecule has 1 aliphatic carbocycles. The van der Waals surface area contributed by atoms with Gasteiger partial charge in [-0.2, -0.15) is 0 Å². The van der Waals surface area contributed by atoms with Crippen molar-refractivity contribution in [1.29, 1.82) is 0 Å². The molecule has 3 aromatic rings. The van der Waals surface area contributed by atoms with Crippen molar-refractivity contribution >= 4 is 18.1 Å². The Morgan fingerprint density at radius 3 is 2.57 bits per heavy atom. The van der Waals surface area contributed by atoms with Crippen LogP contribution in [0.15, 0.2) is 66.0 Å². The van der Waals surface area contributed by atoms with Crippen molar-refractivity contribution in [1.82, 2.24) is 24.8 Å². The topological polar surface area (TPSA) is 100 Å². The number of aromatic nitrogens is 3. The van der Waals surface area contributed by atoms with Crippen LogP contribution in [0.4, 0.5) is 0 Å². The van der Waals surface area contributed by atoms with Gasteiger partial charge in [0.15, 0.2) is 0 Å². The Morgan fingerprint density at radius 2 is 1.86 bits per heavy atom. The molecule has 2 aliphatic heterocycles. The second-order valence-corrected chi connectivity index (χ2v) is 10.3. The second-order valence-electron chi connectivity index (χ2n) is 10.3. The standard InChI is InChI=1S/C29H31N5O3/c35-17-24-23-16-33-25(12-11-21(29(33)37)10-9-19-5-2-1-3-6-19)26(23)34(15-20-13-30-18-31-14-20)27(24)28(36)32-22-7-4-8-22/h1-3,5-6,9-14,18,22-24,26-27,35H,4,7-8,15-17H2,(H,32,36)/t23-,24-,26+,27-/m0/s1. The quantitative estimate of drug-likeness (QED) is 0.521. The minimum absolute atomic E-state index is 0.0358. The number of rotatable bonds is 7. The molecule has 4 heterocycles. The Morgan fingerprint density at radius 1 is 1.08 bits per heavy atom. The van der Waals surface area contributed by atoms with Gasteiger partial charge in [-0.3, -0.25) is 14.5 Å². The van der Waals surface area contributed by atoms with E-state index < -0.39 is 6.04 Å². The van der Waals surface area contributed by atoms with Crippen molar-refractivity contribution in [3.8, 4) is 0 Å². The van der Waals surface area contributed by atoms with Gasteiger partial charge in [-0.05, 0) is 43.0 Å². The van der Waals surface area contributed by atoms with Gasteiger partial charge < -0.3 is 15.0 Å². The fourth-order valence-electron chi connectivity index (χ4n) is 6.14. The summed E-state index contributed by atoms with van der Waals surface area (Å²) in [6.45, 7) is 0.826. The van der Waals surface area contributed by atoms with Crippen LogP contribution < -0.4 is 10.9 Å². The van der Waals surface area contributed by atoms with Crippen LogP contribution in [-0.2, 0) is 17.9 Å². The Hall–Kier alpha value is -3.62. The van der Waals surface area contributed by atoms with E-state index in [0.29, 0.717) is 18.7 Å². The number of fused-ring (bicyclic) bond motifs is 3. The lowest BCUT2D eigenvalue weighted by Gasteiger charge is -2.34. The van der Waals surface area contributed by atoms with Crippen LogP contribution in [0.5, 0.6) is 0 Å². The van der Waals surface area contributed by atoms with Gasteiger partial charge in [-0.15, -0.1) is 0 Å². The number of nitrogens with zero attached hydrogens (tertiary/aromatic N) is 4. The molecular formula is C29H31N5O3. The van der Waals surface area contributed by atoms with Crippen LogP contribution in [0.1, 0.15) is 47.7 Å². The monoisotopic (exact) mass is 497 g/mol. The molecule has 2 fully saturated rings. The zero-order valence-corrected chi connectivity index (χ0v) is 20.6. The summed E-state index contributed by atoms with van der Waals surface area (Å²) in [5.41, 5.74) is 3.39. The number of hydrogen-bond acceptors (Lipinski definition) is 6. The molecule has 2 N–H and O–H groups in total. The van der Waals surface area contributed by atoms with Crippen molar-refractivity contribution in [3.63, 3.8) is 0 Å². The van der Waals surface area contributed by atoms with Gasteiger partial charge in [0, 0.05) is 66.8 Å². The summed E-state index contributed by atoms with van der Waals surface area (Å²) in [6.07, 6.45) is 11.9. The number of benzene rings is 1. The predicted octanol–water partition coefficient (Wildman–Crippen LogP) is 2.64. The Labute approximate surface area is 215 Å². The molecular weight excluding hydrogens is 466 g/mol. The minimum atomic E-state index is -0.484. The molecule has 2 aromatic heterocycles. The molecule has 8 heteroatoms. The van der Waals surface area contributed by atoms with E-state index in [1.807, 2.05) is 59.2 Å². The number of aliphatic hydroxyl groups is 1. The largest absolute Gasteiger partial charge is 0.396 e. The highest BCUT2D eigenvalue weighted by Gasteiger charge is 2.55. The van der Waals surface area contributed by atoms with Crippen molar-refractivity contribution in [3.05, 3.63) is 93.9 Å². The highest BCUT2D eigenvalue weighted by atomic mass is 16.3. The molecule has 8 nitrogen and oxygen atoms in total. The van der Waals surface area contributed by atoms with Crippen LogP contribution >= 0.6 is 0 Å². The Kier molecular flexibility index (Phi) is 6.44. The molecule has 1 saturated heterocycles. The number of carbonyl (C=O) groups is 1. The maximum Gasteiger partial charge on any atom is 0.258 e. The number of likely N-dealkylation sites (tertiary alicyclic amines) is 1. The van der Waals surface area contributed by atoms with Gasteiger partial charge >= 0.3 is 0 Å². The van der Waals surface area contributed by atoms with Gasteiger partial charge in [-0.25, -0.2) is 9.97 Å². The zero-order chi connectivity index (χ0) is 25.4. The third-order valence-electron chi connectivity index (χ3n) is 8.17. The first-order chi connectivity index (χ1) is 18.1. The van der Waals surface area contributed by atoms with Crippen molar-refractivity contribution in [2.75, 3.05) is 6.61 Å². The molecule has 0 radical (unpaired) electrons. The molecule has 0 unspecified atom stereocenters. The third kappa shape index (κ3) is 4.40. The van der Waals surface area contributed by atoms with Crippen molar-refractivity contribution in [2.24, 2.45) is 11.8 Å². The fraction of sp³-hybridized carbons (Fsp3) is 0.379. The Balaban J connectivity index is 1.35. The van der Waals surface area contributed by atoms with Crippen LogP contribution in [0.25, 0.3) is 12.2 Å². The molecule has 0 bridgehead atoms. The first-order valence-electron chi connectivity index (χ1n) is 13.0. The number of pyridine rings is 1. The van der Waals surface area contributed by atoms with Gasteiger partial charge in [0.1, 0.15) is 6.33 Å². The summed E-state index contributed by atoms with van der Waals surface area (Å²) in [5.74, 6) is -0.364. The number of amides is 1. The van der Waals surface area contributed by atoms with Gasteiger partial charge in [0.2, 0.25) is 5.91 Å². The lowest BCUT2D eigenvalue weighted by Crippen LogP contribution is -2.52. The van der Waals surface area contributed by atoms with Crippen molar-refractivity contribution < 1.29 is 9.90 Å². The maximum atomic E-state index is 13.5. The van der Waals surface area contributed by atoms with E-state index in [0.717, 1.165) is 36.1 Å². The summed E-state index contributed by atoms with van der Waals surface area (Å²) in [5, 5.41) is 13.7. The smallest absolute Gasteiger partial charge is 0.258 e. The lowest BCUT2D eigenvalue weighted by atomic mass is 9.87. The van der Waals surface area contributed by atoms with Gasteiger partial charge in [0.25, 0.3) is 5.56 Å². The molecule has 0 spiro atoms. The molecule has 3 aliphatic rings.